The van der Waals surface area contributed by atoms with E-state index in [9.17, 15) is 0 Å². The lowest BCUT2D eigenvalue weighted by atomic mass is 9.97. The van der Waals surface area contributed by atoms with E-state index in [-0.39, 0.29) is 0 Å². The lowest BCUT2D eigenvalue weighted by Gasteiger charge is -2.14. The van der Waals surface area contributed by atoms with Crippen LogP contribution in [0.1, 0.15) is 11.1 Å². The van der Waals surface area contributed by atoms with E-state index in [1.165, 1.54) is 11.1 Å². The molecule has 0 heterocycles. The molecular formula is C19H19IO2. The van der Waals surface area contributed by atoms with Crippen LogP contribution in [0.3, 0.4) is 0 Å². The standard InChI is InChI=1S/C19H19IO2/c1-4-6-14-8-10-18(21-3)16(12-14)17-13-15(7-5-2)9-11-19(17)22-20/h4-5,8-13H,1-2,6-7H2,3H3. The third-order valence-corrected chi connectivity index (χ3v) is 3.92. The van der Waals surface area contributed by atoms with Gasteiger partial charge in [0.25, 0.3) is 0 Å². The van der Waals surface area contributed by atoms with Gasteiger partial charge in [0.15, 0.2) is 23.0 Å². The van der Waals surface area contributed by atoms with Gasteiger partial charge < -0.3 is 7.80 Å². The summed E-state index contributed by atoms with van der Waals surface area (Å²) in [5.74, 6) is 1.65. The topological polar surface area (TPSA) is 18.5 Å². The van der Waals surface area contributed by atoms with Crippen LogP contribution in [0, 0.1) is 0 Å². The van der Waals surface area contributed by atoms with Gasteiger partial charge in [-0.1, -0.05) is 24.3 Å². The van der Waals surface area contributed by atoms with E-state index in [2.05, 4.69) is 37.4 Å². The molecule has 0 bridgehead atoms. The minimum absolute atomic E-state index is 0.822. The molecule has 114 valence electrons. The Kier molecular flexibility index (Phi) is 6.07. The molecular weight excluding hydrogens is 387 g/mol. The van der Waals surface area contributed by atoms with E-state index in [4.69, 9.17) is 7.80 Å². The summed E-state index contributed by atoms with van der Waals surface area (Å²) in [6.07, 6.45) is 5.44. The van der Waals surface area contributed by atoms with Gasteiger partial charge in [-0.15, -0.1) is 13.2 Å². The summed E-state index contributed by atoms with van der Waals surface area (Å²) in [6, 6.07) is 12.4. The quantitative estimate of drug-likeness (QED) is 0.444. The Morgan fingerprint density at radius 2 is 1.41 bits per heavy atom. The second kappa shape index (κ2) is 8.03. The van der Waals surface area contributed by atoms with Gasteiger partial charge in [0, 0.05) is 11.1 Å². The average Bonchev–Trinajstić information content (AvgIpc) is 2.55. The average molecular weight is 406 g/mol. The van der Waals surface area contributed by atoms with Crippen LogP contribution in [0.5, 0.6) is 11.5 Å². The number of hydrogen-bond acceptors (Lipinski definition) is 2. The highest BCUT2D eigenvalue weighted by atomic mass is 127. The van der Waals surface area contributed by atoms with Crippen molar-refractivity contribution in [3.63, 3.8) is 0 Å². The summed E-state index contributed by atoms with van der Waals surface area (Å²) in [5.41, 5.74) is 4.44. The van der Waals surface area contributed by atoms with Gasteiger partial charge in [-0.2, -0.15) is 0 Å². The van der Waals surface area contributed by atoms with Crippen LogP contribution in [0.25, 0.3) is 11.1 Å². The summed E-state index contributed by atoms with van der Waals surface area (Å²) in [4.78, 5) is 0. The maximum atomic E-state index is 5.53. The van der Waals surface area contributed by atoms with Crippen molar-refractivity contribution in [2.45, 2.75) is 12.8 Å². The van der Waals surface area contributed by atoms with Crippen LogP contribution in [-0.2, 0) is 12.8 Å². The first kappa shape index (κ1) is 16.6. The Balaban J connectivity index is 2.61. The summed E-state index contributed by atoms with van der Waals surface area (Å²) in [5, 5.41) is 0. The lowest BCUT2D eigenvalue weighted by molar-refractivity contribution is 0.416. The van der Waals surface area contributed by atoms with E-state index in [0.717, 1.165) is 35.5 Å². The second-order valence-corrected chi connectivity index (χ2v) is 5.37. The highest BCUT2D eigenvalue weighted by Gasteiger charge is 2.13. The molecule has 0 atom stereocenters. The highest BCUT2D eigenvalue weighted by Crippen LogP contribution is 2.38. The Morgan fingerprint density at radius 3 is 1.86 bits per heavy atom. The molecule has 22 heavy (non-hydrogen) atoms. The molecule has 2 aromatic rings. The Bertz CT molecular complexity index is 618. The van der Waals surface area contributed by atoms with Crippen molar-refractivity contribution in [3.8, 4) is 22.6 Å². The van der Waals surface area contributed by atoms with E-state index >= 15 is 0 Å². The monoisotopic (exact) mass is 406 g/mol. The molecule has 0 aliphatic heterocycles. The maximum absolute atomic E-state index is 5.53. The van der Waals surface area contributed by atoms with Gasteiger partial charge in [-0.05, 0) is 48.2 Å². The highest BCUT2D eigenvalue weighted by molar-refractivity contribution is 14.1. The van der Waals surface area contributed by atoms with Gasteiger partial charge >= 0.3 is 0 Å². The molecule has 0 saturated carbocycles. The van der Waals surface area contributed by atoms with Gasteiger partial charge in [-0.25, -0.2) is 0 Å². The number of allylic oxidation sites excluding steroid dienone is 2. The summed E-state index contributed by atoms with van der Waals surface area (Å²) in [7, 11) is 1.68. The van der Waals surface area contributed by atoms with Crippen LogP contribution in [0.15, 0.2) is 61.7 Å². The number of benzene rings is 2. The van der Waals surface area contributed by atoms with Gasteiger partial charge in [-0.3, -0.25) is 0 Å². The van der Waals surface area contributed by atoms with E-state index in [1.807, 2.05) is 47.3 Å². The molecule has 0 N–H and O–H groups in total. The number of halogens is 1. The number of rotatable bonds is 7. The predicted molar refractivity (Wildman–Crippen MR) is 101 cm³/mol. The number of ether oxygens (including phenoxy) is 1. The third-order valence-electron chi connectivity index (χ3n) is 3.44. The molecule has 3 heteroatoms. The van der Waals surface area contributed by atoms with Gasteiger partial charge in [0.1, 0.15) is 11.5 Å². The lowest BCUT2D eigenvalue weighted by Crippen LogP contribution is -1.93. The minimum Gasteiger partial charge on any atom is -0.496 e. The van der Waals surface area contributed by atoms with Crippen LogP contribution in [-0.4, -0.2) is 7.11 Å². The van der Waals surface area contributed by atoms with Crippen molar-refractivity contribution in [1.29, 1.82) is 0 Å². The summed E-state index contributed by atoms with van der Waals surface area (Å²) >= 11 is 1.91. The van der Waals surface area contributed by atoms with Gasteiger partial charge in [0.2, 0.25) is 0 Å². The zero-order valence-corrected chi connectivity index (χ0v) is 14.8. The molecule has 2 aromatic carbocycles. The molecule has 0 saturated heterocycles. The molecule has 0 aliphatic rings. The zero-order chi connectivity index (χ0) is 15.9. The molecule has 0 amide bonds. The molecule has 0 fully saturated rings. The number of hydrogen-bond donors (Lipinski definition) is 0. The fourth-order valence-corrected chi connectivity index (χ4v) is 2.79. The van der Waals surface area contributed by atoms with E-state index < -0.39 is 0 Å². The smallest absolute Gasteiger partial charge is 0.192 e. The van der Waals surface area contributed by atoms with E-state index in [0.29, 0.717) is 0 Å². The zero-order valence-electron chi connectivity index (χ0n) is 12.6. The molecule has 0 radical (unpaired) electrons. The number of methoxy groups -OCH3 is 1. The van der Waals surface area contributed by atoms with Crippen LogP contribution in [0.4, 0.5) is 0 Å². The summed E-state index contributed by atoms with van der Waals surface area (Å²) in [6.45, 7) is 7.61. The van der Waals surface area contributed by atoms with Crippen LogP contribution >= 0.6 is 23.0 Å². The minimum atomic E-state index is 0.822. The van der Waals surface area contributed by atoms with Crippen molar-refractivity contribution in [1.82, 2.24) is 0 Å². The van der Waals surface area contributed by atoms with Crippen molar-refractivity contribution < 1.29 is 7.80 Å². The first-order valence-electron chi connectivity index (χ1n) is 7.04. The molecule has 2 nitrogen and oxygen atoms in total. The molecule has 2 rings (SSSR count). The van der Waals surface area contributed by atoms with Crippen molar-refractivity contribution in [2.24, 2.45) is 0 Å². The van der Waals surface area contributed by atoms with E-state index in [1.54, 1.807) is 7.11 Å². The first-order valence-corrected chi connectivity index (χ1v) is 7.92. The summed E-state index contributed by atoms with van der Waals surface area (Å²) < 4.78 is 11.0. The maximum Gasteiger partial charge on any atom is 0.192 e. The Morgan fingerprint density at radius 1 is 0.909 bits per heavy atom. The second-order valence-electron chi connectivity index (χ2n) is 4.93. The van der Waals surface area contributed by atoms with Crippen LogP contribution in [0.2, 0.25) is 0 Å². The predicted octanol–water partition coefficient (Wildman–Crippen LogP) is 5.55. The fourth-order valence-electron chi connectivity index (χ4n) is 2.41. The first-order chi connectivity index (χ1) is 10.7. The molecule has 0 aromatic heterocycles. The Labute approximate surface area is 146 Å². The fraction of sp³-hybridized carbons (Fsp3) is 0.158. The van der Waals surface area contributed by atoms with Crippen molar-refractivity contribution in [3.05, 3.63) is 72.8 Å². The van der Waals surface area contributed by atoms with Crippen molar-refractivity contribution >= 4 is 23.0 Å². The Hall–Kier alpha value is -1.75. The molecule has 0 aliphatic carbocycles. The van der Waals surface area contributed by atoms with Gasteiger partial charge in [0.05, 0.1) is 7.11 Å². The normalized spacial score (nSPS) is 10.1. The largest absolute Gasteiger partial charge is 0.496 e. The third kappa shape index (κ3) is 3.71. The van der Waals surface area contributed by atoms with Crippen molar-refractivity contribution in [2.75, 3.05) is 7.11 Å². The molecule has 0 spiro atoms. The SMILES string of the molecule is C=CCc1ccc(OC)c(-c2cc(CC=C)ccc2OI)c1. The van der Waals surface area contributed by atoms with Crippen LogP contribution < -0.4 is 7.80 Å². The molecule has 0 unspecified atom stereocenters.